The predicted molar refractivity (Wildman–Crippen MR) is 81.3 cm³/mol. The predicted octanol–water partition coefficient (Wildman–Crippen LogP) is 4.48. The summed E-state index contributed by atoms with van der Waals surface area (Å²) in [5.41, 5.74) is 4.17. The Balaban J connectivity index is 2.20. The van der Waals surface area contributed by atoms with Crippen LogP contribution in [-0.4, -0.2) is 4.92 Å². The molecule has 0 amide bonds. The molecule has 2 aromatic rings. The van der Waals surface area contributed by atoms with E-state index in [4.69, 9.17) is 11.6 Å². The lowest BCUT2D eigenvalue weighted by Crippen LogP contribution is -2.03. The number of non-ortho nitro benzene ring substituents is 1. The van der Waals surface area contributed by atoms with Crippen LogP contribution >= 0.6 is 11.6 Å². The maximum Gasteiger partial charge on any atom is 0.271 e. The molecule has 0 aliphatic rings. The fourth-order valence-corrected chi connectivity index (χ4v) is 2.14. The number of nitrogens with one attached hydrogen (secondary N) is 1. The number of rotatable bonds is 4. The van der Waals surface area contributed by atoms with Gasteiger partial charge in [0.25, 0.3) is 5.69 Å². The molecular weight excluding hydrogens is 276 g/mol. The lowest BCUT2D eigenvalue weighted by atomic mass is 10.0. The Labute approximate surface area is 122 Å². The van der Waals surface area contributed by atoms with Crippen molar-refractivity contribution in [1.29, 1.82) is 0 Å². The topological polar surface area (TPSA) is 55.2 Å². The second-order valence-electron chi connectivity index (χ2n) is 4.63. The van der Waals surface area contributed by atoms with Gasteiger partial charge in [-0.05, 0) is 36.6 Å². The van der Waals surface area contributed by atoms with Crippen molar-refractivity contribution in [2.45, 2.75) is 20.4 Å². The summed E-state index contributed by atoms with van der Waals surface area (Å²) in [5.74, 6) is 0. The molecule has 0 saturated heterocycles. The van der Waals surface area contributed by atoms with Gasteiger partial charge in [-0.1, -0.05) is 29.8 Å². The highest BCUT2D eigenvalue weighted by atomic mass is 35.5. The van der Waals surface area contributed by atoms with Gasteiger partial charge in [0.05, 0.1) is 15.6 Å². The Morgan fingerprint density at radius 2 is 2.00 bits per heavy atom. The number of hydrogen-bond donors (Lipinski definition) is 1. The third-order valence-corrected chi connectivity index (χ3v) is 3.68. The molecule has 0 aromatic heterocycles. The number of aryl methyl sites for hydroxylation is 1. The lowest BCUT2D eigenvalue weighted by molar-refractivity contribution is -0.384. The highest BCUT2D eigenvalue weighted by Gasteiger charge is 2.10. The highest BCUT2D eigenvalue weighted by molar-refractivity contribution is 6.33. The van der Waals surface area contributed by atoms with Crippen LogP contribution in [0, 0.1) is 24.0 Å². The second-order valence-corrected chi connectivity index (χ2v) is 5.04. The van der Waals surface area contributed by atoms with Gasteiger partial charge in [0, 0.05) is 18.7 Å². The van der Waals surface area contributed by atoms with Crippen molar-refractivity contribution in [3.05, 3.63) is 68.2 Å². The molecular formula is C15H15ClN2O2. The number of nitrogens with zero attached hydrogens (tertiary/aromatic N) is 1. The molecule has 0 spiro atoms. The van der Waals surface area contributed by atoms with Gasteiger partial charge in [-0.25, -0.2) is 0 Å². The van der Waals surface area contributed by atoms with E-state index >= 15 is 0 Å². The summed E-state index contributed by atoms with van der Waals surface area (Å²) in [6.07, 6.45) is 0. The minimum Gasteiger partial charge on any atom is -0.380 e. The Bertz CT molecular complexity index is 656. The third-order valence-electron chi connectivity index (χ3n) is 3.35. The number of hydrogen-bond acceptors (Lipinski definition) is 3. The Morgan fingerprint density at radius 1 is 1.25 bits per heavy atom. The van der Waals surface area contributed by atoms with Crippen LogP contribution in [-0.2, 0) is 6.54 Å². The van der Waals surface area contributed by atoms with E-state index in [1.54, 1.807) is 0 Å². The van der Waals surface area contributed by atoms with E-state index in [0.29, 0.717) is 17.3 Å². The molecule has 0 fully saturated rings. The number of halogens is 1. The van der Waals surface area contributed by atoms with E-state index in [1.165, 1.54) is 29.3 Å². The highest BCUT2D eigenvalue weighted by Crippen LogP contribution is 2.27. The summed E-state index contributed by atoms with van der Waals surface area (Å²) >= 11 is 6.05. The van der Waals surface area contributed by atoms with Gasteiger partial charge in [0.1, 0.15) is 0 Å². The molecule has 0 saturated carbocycles. The fourth-order valence-electron chi connectivity index (χ4n) is 1.96. The van der Waals surface area contributed by atoms with Crippen molar-refractivity contribution in [2.75, 3.05) is 5.32 Å². The van der Waals surface area contributed by atoms with Gasteiger partial charge >= 0.3 is 0 Å². The molecule has 1 N–H and O–H groups in total. The van der Waals surface area contributed by atoms with E-state index in [0.717, 1.165) is 5.56 Å². The number of nitro benzene ring substituents is 1. The molecule has 0 aliphatic carbocycles. The number of benzene rings is 2. The van der Waals surface area contributed by atoms with Crippen molar-refractivity contribution >= 4 is 23.0 Å². The minimum atomic E-state index is -0.431. The van der Waals surface area contributed by atoms with Crippen LogP contribution < -0.4 is 5.32 Å². The zero-order valence-corrected chi connectivity index (χ0v) is 12.1. The van der Waals surface area contributed by atoms with Crippen LogP contribution in [0.3, 0.4) is 0 Å². The molecule has 0 aliphatic heterocycles. The first kappa shape index (κ1) is 14.3. The maximum atomic E-state index is 10.8. The molecule has 0 radical (unpaired) electrons. The molecule has 0 unspecified atom stereocenters. The first-order valence-corrected chi connectivity index (χ1v) is 6.59. The van der Waals surface area contributed by atoms with Gasteiger partial charge < -0.3 is 5.32 Å². The molecule has 20 heavy (non-hydrogen) atoms. The third kappa shape index (κ3) is 3.08. The summed E-state index contributed by atoms with van der Waals surface area (Å²) in [7, 11) is 0. The average Bonchev–Trinajstić information content (AvgIpc) is 2.41. The van der Waals surface area contributed by atoms with Crippen molar-refractivity contribution in [3.8, 4) is 0 Å². The van der Waals surface area contributed by atoms with Crippen LogP contribution in [0.5, 0.6) is 0 Å². The summed E-state index contributed by atoms with van der Waals surface area (Å²) < 4.78 is 0. The Kier molecular flexibility index (Phi) is 4.25. The van der Waals surface area contributed by atoms with Crippen LogP contribution in [0.15, 0.2) is 36.4 Å². The molecule has 4 nitrogen and oxygen atoms in total. The summed E-state index contributed by atoms with van der Waals surface area (Å²) in [5, 5.41) is 14.4. The molecule has 5 heteroatoms. The largest absolute Gasteiger partial charge is 0.380 e. The van der Waals surface area contributed by atoms with E-state index in [-0.39, 0.29) is 5.69 Å². The lowest BCUT2D eigenvalue weighted by Gasteiger charge is -2.12. The minimum absolute atomic E-state index is 0.0258. The van der Waals surface area contributed by atoms with Crippen LogP contribution in [0.25, 0.3) is 0 Å². The van der Waals surface area contributed by atoms with E-state index in [1.807, 2.05) is 12.1 Å². The Hall–Kier alpha value is -2.07. The van der Waals surface area contributed by atoms with E-state index < -0.39 is 4.92 Å². The zero-order valence-electron chi connectivity index (χ0n) is 11.3. The standard InChI is InChI=1S/C15H15ClN2O2/c1-10-4-3-5-12(11(10)2)9-17-15-8-13(18(19)20)6-7-14(15)16/h3-8,17H,9H2,1-2H3. The molecule has 0 heterocycles. The van der Waals surface area contributed by atoms with Gasteiger partial charge in [-0.2, -0.15) is 0 Å². The quantitative estimate of drug-likeness (QED) is 0.667. The zero-order chi connectivity index (χ0) is 14.7. The molecule has 104 valence electrons. The van der Waals surface area contributed by atoms with Gasteiger partial charge in [-0.15, -0.1) is 0 Å². The molecule has 2 aromatic carbocycles. The monoisotopic (exact) mass is 290 g/mol. The summed E-state index contributed by atoms with van der Waals surface area (Å²) in [4.78, 5) is 10.3. The van der Waals surface area contributed by atoms with Crippen molar-refractivity contribution in [1.82, 2.24) is 0 Å². The van der Waals surface area contributed by atoms with Crippen LogP contribution in [0.2, 0.25) is 5.02 Å². The second kappa shape index (κ2) is 5.92. The number of nitro groups is 1. The van der Waals surface area contributed by atoms with Gasteiger partial charge in [0.15, 0.2) is 0 Å². The van der Waals surface area contributed by atoms with Crippen molar-refractivity contribution in [2.24, 2.45) is 0 Å². The van der Waals surface area contributed by atoms with Crippen molar-refractivity contribution < 1.29 is 4.92 Å². The van der Waals surface area contributed by atoms with E-state index in [2.05, 4.69) is 25.2 Å². The van der Waals surface area contributed by atoms with Crippen molar-refractivity contribution in [3.63, 3.8) is 0 Å². The summed E-state index contributed by atoms with van der Waals surface area (Å²) in [6, 6.07) is 10.5. The van der Waals surface area contributed by atoms with E-state index in [9.17, 15) is 10.1 Å². The normalized spacial score (nSPS) is 10.3. The molecule has 0 atom stereocenters. The molecule has 2 rings (SSSR count). The van der Waals surface area contributed by atoms with Gasteiger partial charge in [0.2, 0.25) is 0 Å². The fraction of sp³-hybridized carbons (Fsp3) is 0.200. The Morgan fingerprint density at radius 3 is 2.70 bits per heavy atom. The maximum absolute atomic E-state index is 10.8. The van der Waals surface area contributed by atoms with Crippen LogP contribution in [0.4, 0.5) is 11.4 Å². The van der Waals surface area contributed by atoms with Crippen LogP contribution in [0.1, 0.15) is 16.7 Å². The first-order chi connectivity index (χ1) is 9.49. The average molecular weight is 291 g/mol. The smallest absolute Gasteiger partial charge is 0.271 e. The molecule has 0 bridgehead atoms. The SMILES string of the molecule is Cc1cccc(CNc2cc([N+](=O)[O-])ccc2Cl)c1C. The first-order valence-electron chi connectivity index (χ1n) is 6.22. The van der Waals surface area contributed by atoms with Gasteiger partial charge in [-0.3, -0.25) is 10.1 Å². The number of anilines is 1. The summed E-state index contributed by atoms with van der Waals surface area (Å²) in [6.45, 7) is 4.69.